The van der Waals surface area contributed by atoms with E-state index in [2.05, 4.69) is 209 Å². The number of nitrogens with zero attached hydrogens (tertiary/aromatic N) is 2. The predicted octanol–water partition coefficient (Wildman–Crippen LogP) is 13.7. The Morgan fingerprint density at radius 3 is 1.96 bits per heavy atom. The van der Waals surface area contributed by atoms with Crippen molar-refractivity contribution in [3.63, 3.8) is 0 Å². The van der Waals surface area contributed by atoms with Crippen LogP contribution in [0.15, 0.2) is 200 Å². The summed E-state index contributed by atoms with van der Waals surface area (Å²) in [6.07, 6.45) is -0.214. The molecule has 1 aliphatic heterocycles. The molecular formula is C51H35N3O. The molecule has 0 amide bonds. The van der Waals surface area contributed by atoms with E-state index in [1.165, 1.54) is 38.0 Å². The van der Waals surface area contributed by atoms with Crippen molar-refractivity contribution in [3.8, 4) is 22.6 Å². The van der Waals surface area contributed by atoms with Crippen LogP contribution in [0, 0.1) is 0 Å². The first-order valence-electron chi connectivity index (χ1n) is 18.8. The zero-order valence-corrected chi connectivity index (χ0v) is 29.9. The molecule has 0 saturated carbocycles. The molecule has 9 aromatic carbocycles. The Bertz CT molecular complexity index is 3040. The molecule has 1 aromatic heterocycles. The molecule has 0 radical (unpaired) electrons. The molecule has 4 nitrogen and oxygen atoms in total. The normalized spacial score (nSPS) is 13.6. The zero-order valence-electron chi connectivity index (χ0n) is 29.9. The van der Waals surface area contributed by atoms with E-state index in [4.69, 9.17) is 4.74 Å². The Hall–Kier alpha value is -7.30. The molecule has 0 aliphatic carbocycles. The highest BCUT2D eigenvalue weighted by atomic mass is 16.5. The SMILES string of the molecule is c1ccc(C2Nc3ccc4ccc5cc(-c6cccc(N(c7ccccc7)c7ccc8c9ccccc9n(-c9ccccc9)c8c7)c6)ccc5c4c3O2)cc1. The summed E-state index contributed by atoms with van der Waals surface area (Å²) >= 11 is 0. The van der Waals surface area contributed by atoms with Gasteiger partial charge in [-0.2, -0.15) is 0 Å². The maximum atomic E-state index is 6.61. The number of rotatable bonds is 6. The lowest BCUT2D eigenvalue weighted by Gasteiger charge is -2.26. The minimum absolute atomic E-state index is 0.214. The third-order valence-electron chi connectivity index (χ3n) is 11.0. The molecule has 11 rings (SSSR count). The van der Waals surface area contributed by atoms with Gasteiger partial charge in [-0.15, -0.1) is 0 Å². The lowest BCUT2D eigenvalue weighted by molar-refractivity contribution is 0.263. The average Bonchev–Trinajstić information content (AvgIpc) is 3.84. The molecule has 10 aromatic rings. The predicted molar refractivity (Wildman–Crippen MR) is 229 cm³/mol. The smallest absolute Gasteiger partial charge is 0.196 e. The lowest BCUT2D eigenvalue weighted by Crippen LogP contribution is -2.10. The van der Waals surface area contributed by atoms with Gasteiger partial charge in [0.25, 0.3) is 0 Å². The van der Waals surface area contributed by atoms with Crippen molar-refractivity contribution >= 4 is 66.1 Å². The molecule has 0 spiro atoms. The first-order valence-corrected chi connectivity index (χ1v) is 18.8. The van der Waals surface area contributed by atoms with Crippen LogP contribution in [-0.4, -0.2) is 4.57 Å². The van der Waals surface area contributed by atoms with Crippen molar-refractivity contribution < 1.29 is 4.74 Å². The summed E-state index contributed by atoms with van der Waals surface area (Å²) in [7, 11) is 0. The monoisotopic (exact) mass is 705 g/mol. The number of fused-ring (bicyclic) bond motifs is 8. The van der Waals surface area contributed by atoms with Crippen LogP contribution in [0.4, 0.5) is 22.7 Å². The number of anilines is 4. The van der Waals surface area contributed by atoms with Gasteiger partial charge >= 0.3 is 0 Å². The van der Waals surface area contributed by atoms with E-state index >= 15 is 0 Å². The van der Waals surface area contributed by atoms with Crippen LogP contribution >= 0.6 is 0 Å². The van der Waals surface area contributed by atoms with Crippen molar-refractivity contribution in [2.24, 2.45) is 0 Å². The van der Waals surface area contributed by atoms with Gasteiger partial charge in [0.05, 0.1) is 16.7 Å². The quantitative estimate of drug-likeness (QED) is 0.175. The maximum absolute atomic E-state index is 6.61. The van der Waals surface area contributed by atoms with Gasteiger partial charge in [-0.3, -0.25) is 0 Å². The lowest BCUT2D eigenvalue weighted by atomic mass is 9.96. The first kappa shape index (κ1) is 31.2. The average molecular weight is 706 g/mol. The van der Waals surface area contributed by atoms with Gasteiger partial charge in [0.15, 0.2) is 12.0 Å². The Balaban J connectivity index is 1.02. The molecule has 1 unspecified atom stereocenters. The highest BCUT2D eigenvalue weighted by molar-refractivity contribution is 6.14. The van der Waals surface area contributed by atoms with E-state index in [9.17, 15) is 0 Å². The van der Waals surface area contributed by atoms with Crippen LogP contribution in [0.2, 0.25) is 0 Å². The van der Waals surface area contributed by atoms with Gasteiger partial charge in [-0.05, 0) is 94.0 Å². The number of nitrogens with one attached hydrogen (secondary N) is 1. The number of benzene rings is 9. The Labute approximate surface area is 319 Å². The van der Waals surface area contributed by atoms with E-state index < -0.39 is 0 Å². The summed E-state index contributed by atoms with van der Waals surface area (Å²) in [5.74, 6) is 0.911. The molecule has 2 heterocycles. The Morgan fingerprint density at radius 2 is 1.11 bits per heavy atom. The number of ether oxygens (including phenoxy) is 1. The van der Waals surface area contributed by atoms with Crippen molar-refractivity contribution in [1.82, 2.24) is 4.57 Å². The highest BCUT2D eigenvalue weighted by Gasteiger charge is 2.26. The van der Waals surface area contributed by atoms with Gasteiger partial charge in [-0.25, -0.2) is 0 Å². The van der Waals surface area contributed by atoms with Crippen LogP contribution in [-0.2, 0) is 0 Å². The van der Waals surface area contributed by atoms with E-state index in [1.54, 1.807) is 0 Å². The summed E-state index contributed by atoms with van der Waals surface area (Å²) in [4.78, 5) is 2.36. The van der Waals surface area contributed by atoms with E-state index in [-0.39, 0.29) is 6.23 Å². The highest BCUT2D eigenvalue weighted by Crippen LogP contribution is 2.46. The van der Waals surface area contributed by atoms with Gasteiger partial charge in [-0.1, -0.05) is 133 Å². The Kier molecular flexibility index (Phi) is 7.20. The van der Waals surface area contributed by atoms with Crippen molar-refractivity contribution in [2.45, 2.75) is 6.23 Å². The molecule has 0 bridgehead atoms. The standard InChI is InChI=1S/C51H35N3O/c1-4-13-35(14-5-1)51-52-46-30-26-34-23-24-38-31-37(25-28-43(38)49(34)50(46)55-51)36-15-12-20-41(32-36)53(39-16-6-2-7-17-39)42-27-29-45-44-21-10-11-22-47(44)54(48(45)33-42)40-18-8-3-9-19-40/h1-33,51-52H. The molecule has 1 aliphatic rings. The Morgan fingerprint density at radius 1 is 0.455 bits per heavy atom. The second kappa shape index (κ2) is 12.7. The van der Waals surface area contributed by atoms with Crippen LogP contribution in [0.25, 0.3) is 60.2 Å². The van der Waals surface area contributed by atoms with Crippen molar-refractivity contribution in [1.29, 1.82) is 0 Å². The molecule has 1 atom stereocenters. The van der Waals surface area contributed by atoms with Crippen LogP contribution in [0.5, 0.6) is 5.75 Å². The third-order valence-corrected chi connectivity index (χ3v) is 11.0. The van der Waals surface area contributed by atoms with Gasteiger partial charge in [0.2, 0.25) is 0 Å². The molecule has 1 N–H and O–H groups in total. The van der Waals surface area contributed by atoms with Crippen molar-refractivity contribution in [3.05, 3.63) is 206 Å². The second-order valence-electron chi connectivity index (χ2n) is 14.2. The fraction of sp³-hybridized carbons (Fsp3) is 0.0196. The van der Waals surface area contributed by atoms with Crippen LogP contribution in [0.1, 0.15) is 11.8 Å². The summed E-state index contributed by atoms with van der Waals surface area (Å²) in [6, 6.07) is 71.6. The van der Waals surface area contributed by atoms with E-state index in [0.29, 0.717) is 0 Å². The minimum Gasteiger partial charge on any atom is -0.464 e. The minimum atomic E-state index is -0.214. The van der Waals surface area contributed by atoms with Gasteiger partial charge in [0.1, 0.15) is 0 Å². The number of aromatic nitrogens is 1. The third kappa shape index (κ3) is 5.22. The fourth-order valence-corrected chi connectivity index (χ4v) is 8.41. The number of hydrogen-bond donors (Lipinski definition) is 1. The summed E-state index contributed by atoms with van der Waals surface area (Å²) in [5, 5.41) is 10.7. The fourth-order valence-electron chi connectivity index (χ4n) is 8.41. The first-order chi connectivity index (χ1) is 27.3. The zero-order chi connectivity index (χ0) is 36.3. The molecule has 55 heavy (non-hydrogen) atoms. The summed E-state index contributed by atoms with van der Waals surface area (Å²) in [6.45, 7) is 0. The molecular weight excluding hydrogens is 671 g/mol. The number of para-hydroxylation sites is 3. The van der Waals surface area contributed by atoms with Crippen molar-refractivity contribution in [2.75, 3.05) is 10.2 Å². The molecule has 4 heteroatoms. The summed E-state index contributed by atoms with van der Waals surface area (Å²) in [5.41, 5.74) is 11.2. The van der Waals surface area contributed by atoms with Gasteiger partial charge < -0.3 is 19.5 Å². The van der Waals surface area contributed by atoms with E-state index in [1.807, 2.05) is 6.07 Å². The molecule has 0 fully saturated rings. The van der Waals surface area contributed by atoms with Crippen LogP contribution < -0.4 is 15.0 Å². The molecule has 260 valence electrons. The van der Waals surface area contributed by atoms with Crippen LogP contribution in [0.3, 0.4) is 0 Å². The topological polar surface area (TPSA) is 29.4 Å². The second-order valence-corrected chi connectivity index (χ2v) is 14.2. The van der Waals surface area contributed by atoms with E-state index in [0.717, 1.165) is 56.3 Å². The van der Waals surface area contributed by atoms with Gasteiger partial charge in [0, 0.05) is 44.5 Å². The largest absolute Gasteiger partial charge is 0.464 e. The maximum Gasteiger partial charge on any atom is 0.196 e. The summed E-state index contributed by atoms with van der Waals surface area (Å²) < 4.78 is 8.99. The molecule has 0 saturated heterocycles. The number of hydrogen-bond acceptors (Lipinski definition) is 3.